The highest BCUT2D eigenvalue weighted by atomic mass is 16.7. The second-order valence-corrected chi connectivity index (χ2v) is 12.3. The van der Waals surface area contributed by atoms with Crippen molar-refractivity contribution in [2.45, 2.75) is 96.2 Å². The predicted molar refractivity (Wildman–Crippen MR) is 172 cm³/mol. The molecule has 234 valence electrons. The molecule has 3 aliphatic rings. The van der Waals surface area contributed by atoms with Crippen molar-refractivity contribution in [1.82, 2.24) is 0 Å². The Morgan fingerprint density at radius 3 is 2.42 bits per heavy atom. The number of aryl methyl sites for hydroxylation is 1. The molecule has 0 bridgehead atoms. The van der Waals surface area contributed by atoms with E-state index >= 15 is 0 Å². The lowest BCUT2D eigenvalue weighted by Crippen LogP contribution is -2.24. The van der Waals surface area contributed by atoms with Crippen LogP contribution in [0.25, 0.3) is 0 Å². The molecule has 1 heterocycles. The molecule has 2 saturated carbocycles. The van der Waals surface area contributed by atoms with Gasteiger partial charge in [-0.05, 0) is 112 Å². The monoisotopic (exact) mass is 590 g/mol. The van der Waals surface area contributed by atoms with Gasteiger partial charge in [0.1, 0.15) is 18.5 Å². The smallest absolute Gasteiger partial charge is 0.189 e. The Kier molecular flexibility index (Phi) is 11.9. The standard InChI is InChI=1S/C36H50N2O5/c1-4-26-11-15-34(42-24-33-23-41-33)30(18-26)22-38-32-8-6-7-28(19-32)17-27-9-13-31(14-10-27)37-21-29-12-16-35(36(20-29)39-3)43-25-40-5-2/h11-12,15-16,18,20-22,27-28,31-33H,4-10,13-14,17,19,23-25H2,1-3H3. The summed E-state index contributed by atoms with van der Waals surface area (Å²) < 4.78 is 27.9. The Labute approximate surface area is 258 Å². The third-order valence-electron chi connectivity index (χ3n) is 9.10. The van der Waals surface area contributed by atoms with E-state index in [-0.39, 0.29) is 12.9 Å². The van der Waals surface area contributed by atoms with Gasteiger partial charge in [-0.3, -0.25) is 9.98 Å². The van der Waals surface area contributed by atoms with E-state index in [1.165, 1.54) is 63.4 Å². The summed E-state index contributed by atoms with van der Waals surface area (Å²) in [6.07, 6.45) is 16.6. The van der Waals surface area contributed by atoms with Crippen molar-refractivity contribution in [1.29, 1.82) is 0 Å². The molecule has 3 atom stereocenters. The number of benzene rings is 2. The molecule has 3 unspecified atom stereocenters. The van der Waals surface area contributed by atoms with Crippen LogP contribution >= 0.6 is 0 Å². The SMILES string of the molecule is CCOCOc1ccc(C=NC2CCC(CC3CCCC(N=Cc4cc(CC)ccc4OCC4CO4)C3)CC2)cc1OC. The number of methoxy groups -OCH3 is 1. The molecule has 0 spiro atoms. The molecule has 2 aromatic carbocycles. The van der Waals surface area contributed by atoms with E-state index in [1.807, 2.05) is 31.3 Å². The number of nitrogens with zero attached hydrogens (tertiary/aromatic N) is 2. The second-order valence-electron chi connectivity index (χ2n) is 12.3. The van der Waals surface area contributed by atoms with Crippen molar-refractivity contribution in [2.75, 3.05) is 33.7 Å². The number of ether oxygens (including phenoxy) is 5. The summed E-state index contributed by atoms with van der Waals surface area (Å²) in [4.78, 5) is 10.0. The first-order chi connectivity index (χ1) is 21.1. The molecule has 2 aliphatic carbocycles. The van der Waals surface area contributed by atoms with Crippen LogP contribution < -0.4 is 14.2 Å². The van der Waals surface area contributed by atoms with Crippen LogP contribution in [0.3, 0.4) is 0 Å². The Bertz CT molecular complexity index is 1200. The first kappa shape index (κ1) is 31.5. The summed E-state index contributed by atoms with van der Waals surface area (Å²) in [5.41, 5.74) is 3.46. The molecule has 0 amide bonds. The zero-order valence-electron chi connectivity index (χ0n) is 26.3. The number of hydrogen-bond acceptors (Lipinski definition) is 7. The third kappa shape index (κ3) is 9.80. The Morgan fingerprint density at radius 2 is 1.65 bits per heavy atom. The number of hydrogen-bond donors (Lipinski definition) is 0. The fourth-order valence-electron chi connectivity index (χ4n) is 6.46. The summed E-state index contributed by atoms with van der Waals surface area (Å²) in [6.45, 7) is 6.41. The van der Waals surface area contributed by atoms with Crippen LogP contribution in [0.2, 0.25) is 0 Å². The number of rotatable bonds is 15. The van der Waals surface area contributed by atoms with Crippen molar-refractivity contribution in [2.24, 2.45) is 21.8 Å². The van der Waals surface area contributed by atoms with Crippen molar-refractivity contribution < 1.29 is 23.7 Å². The zero-order chi connectivity index (χ0) is 29.9. The van der Waals surface area contributed by atoms with Gasteiger partial charge in [-0.25, -0.2) is 0 Å². The maximum Gasteiger partial charge on any atom is 0.189 e. The summed E-state index contributed by atoms with van der Waals surface area (Å²) in [5, 5.41) is 0. The first-order valence-corrected chi connectivity index (χ1v) is 16.5. The van der Waals surface area contributed by atoms with E-state index < -0.39 is 0 Å². The predicted octanol–water partition coefficient (Wildman–Crippen LogP) is 7.45. The average molecular weight is 591 g/mol. The maximum absolute atomic E-state index is 6.06. The number of epoxide rings is 1. The van der Waals surface area contributed by atoms with Gasteiger partial charge < -0.3 is 23.7 Å². The maximum atomic E-state index is 6.06. The minimum atomic E-state index is 0.221. The molecule has 7 heteroatoms. The van der Waals surface area contributed by atoms with Gasteiger partial charge in [-0.15, -0.1) is 0 Å². The van der Waals surface area contributed by atoms with E-state index in [0.29, 0.717) is 36.8 Å². The molecule has 1 aliphatic heterocycles. The highest BCUT2D eigenvalue weighted by molar-refractivity contribution is 5.84. The summed E-state index contributed by atoms with van der Waals surface area (Å²) in [7, 11) is 1.66. The van der Waals surface area contributed by atoms with Gasteiger partial charge in [0.05, 0.1) is 19.8 Å². The highest BCUT2D eigenvalue weighted by Gasteiger charge is 2.27. The minimum Gasteiger partial charge on any atom is -0.493 e. The lowest BCUT2D eigenvalue weighted by Gasteiger charge is -2.32. The van der Waals surface area contributed by atoms with Gasteiger partial charge in [-0.1, -0.05) is 25.8 Å². The summed E-state index contributed by atoms with van der Waals surface area (Å²) in [6, 6.07) is 13.2. The second kappa shape index (κ2) is 16.2. The van der Waals surface area contributed by atoms with Crippen LogP contribution in [0.4, 0.5) is 0 Å². The van der Waals surface area contributed by atoms with Gasteiger partial charge >= 0.3 is 0 Å². The first-order valence-electron chi connectivity index (χ1n) is 16.5. The molecule has 5 rings (SSSR count). The van der Waals surface area contributed by atoms with Crippen LogP contribution in [0.1, 0.15) is 88.3 Å². The lowest BCUT2D eigenvalue weighted by atomic mass is 9.75. The molecular weight excluding hydrogens is 540 g/mol. The Hall–Kier alpha value is -2.90. The van der Waals surface area contributed by atoms with Gasteiger partial charge in [0, 0.05) is 30.6 Å². The highest BCUT2D eigenvalue weighted by Crippen LogP contribution is 2.37. The van der Waals surface area contributed by atoms with Gasteiger partial charge in [0.15, 0.2) is 18.3 Å². The van der Waals surface area contributed by atoms with Gasteiger partial charge in [0.2, 0.25) is 0 Å². The molecular formula is C36H50N2O5. The minimum absolute atomic E-state index is 0.221. The van der Waals surface area contributed by atoms with E-state index in [2.05, 4.69) is 31.3 Å². The molecule has 7 nitrogen and oxygen atoms in total. The van der Waals surface area contributed by atoms with Crippen LogP contribution in [0.15, 0.2) is 46.4 Å². The fraction of sp³-hybridized carbons (Fsp3) is 0.611. The topological polar surface area (TPSA) is 74.2 Å². The molecule has 43 heavy (non-hydrogen) atoms. The van der Waals surface area contributed by atoms with E-state index in [9.17, 15) is 0 Å². The molecule has 3 fully saturated rings. The number of aliphatic imine (C=N–C) groups is 2. The van der Waals surface area contributed by atoms with Crippen molar-refractivity contribution in [3.63, 3.8) is 0 Å². The van der Waals surface area contributed by atoms with Crippen LogP contribution in [0, 0.1) is 11.8 Å². The van der Waals surface area contributed by atoms with E-state index in [4.69, 9.17) is 33.7 Å². The van der Waals surface area contributed by atoms with E-state index in [0.717, 1.165) is 41.7 Å². The third-order valence-corrected chi connectivity index (χ3v) is 9.10. The summed E-state index contributed by atoms with van der Waals surface area (Å²) >= 11 is 0. The molecule has 0 N–H and O–H groups in total. The summed E-state index contributed by atoms with van der Waals surface area (Å²) in [5.74, 6) is 3.90. The van der Waals surface area contributed by atoms with Gasteiger partial charge in [-0.2, -0.15) is 0 Å². The fourth-order valence-corrected chi connectivity index (χ4v) is 6.46. The van der Waals surface area contributed by atoms with Gasteiger partial charge in [0.25, 0.3) is 0 Å². The molecule has 1 saturated heterocycles. The Morgan fingerprint density at radius 1 is 0.837 bits per heavy atom. The van der Waals surface area contributed by atoms with E-state index in [1.54, 1.807) is 7.11 Å². The normalized spacial score (nSPS) is 25.7. The zero-order valence-corrected chi connectivity index (χ0v) is 26.3. The quantitative estimate of drug-likeness (QED) is 0.0932. The van der Waals surface area contributed by atoms with Crippen molar-refractivity contribution in [3.8, 4) is 17.2 Å². The van der Waals surface area contributed by atoms with Crippen molar-refractivity contribution in [3.05, 3.63) is 53.1 Å². The largest absolute Gasteiger partial charge is 0.493 e. The van der Waals surface area contributed by atoms with Crippen LogP contribution in [0.5, 0.6) is 17.2 Å². The molecule has 0 radical (unpaired) electrons. The molecule has 2 aromatic rings. The van der Waals surface area contributed by atoms with Crippen molar-refractivity contribution >= 4 is 12.4 Å². The van der Waals surface area contributed by atoms with Crippen LogP contribution in [-0.2, 0) is 15.9 Å². The molecule has 0 aromatic heterocycles. The average Bonchev–Trinajstić information content (AvgIpc) is 3.88. The lowest BCUT2D eigenvalue weighted by molar-refractivity contribution is 0.0209. The van der Waals surface area contributed by atoms with Crippen LogP contribution in [-0.4, -0.2) is 64.3 Å². The Balaban J connectivity index is 1.08.